The Morgan fingerprint density at radius 3 is 1.84 bits per heavy atom. The molecule has 0 aromatic heterocycles. The van der Waals surface area contributed by atoms with E-state index in [0.29, 0.717) is 11.5 Å². The molecule has 208 valence electrons. The predicted octanol–water partition coefficient (Wildman–Crippen LogP) is 9.80. The van der Waals surface area contributed by atoms with E-state index in [1.807, 2.05) is 18.2 Å². The minimum Gasteiger partial charge on any atom is -0.417 e. The van der Waals surface area contributed by atoms with Crippen LogP contribution in [0.25, 0.3) is 0 Å². The lowest BCUT2D eigenvalue weighted by Crippen LogP contribution is -2.19. The molecule has 0 aliphatic heterocycles. The second-order valence-corrected chi connectivity index (χ2v) is 13.9. The summed E-state index contributed by atoms with van der Waals surface area (Å²) in [7, 11) is -4.77. The van der Waals surface area contributed by atoms with Crippen LogP contribution in [-0.2, 0) is 21.6 Å². The van der Waals surface area contributed by atoms with Crippen LogP contribution < -0.4 is 9.05 Å². The summed E-state index contributed by atoms with van der Waals surface area (Å²) >= 11 is 0. The van der Waals surface area contributed by atoms with E-state index in [2.05, 4.69) is 73.6 Å². The van der Waals surface area contributed by atoms with E-state index in [1.165, 1.54) is 38.5 Å². The molecule has 0 heterocycles. The Bertz CT molecular complexity index is 928. The van der Waals surface area contributed by atoms with Crippen LogP contribution in [0.4, 0.5) is 0 Å². The van der Waals surface area contributed by atoms with Crippen molar-refractivity contribution < 1.29 is 23.1 Å². The van der Waals surface area contributed by atoms with Crippen LogP contribution in [0.5, 0.6) is 11.5 Å². The molecule has 7 heteroatoms. The van der Waals surface area contributed by atoms with Gasteiger partial charge in [0.2, 0.25) is 0 Å². The summed E-state index contributed by atoms with van der Waals surface area (Å²) in [5, 5.41) is 0. The van der Waals surface area contributed by atoms with Gasteiger partial charge in [-0.2, -0.15) is 0 Å². The number of rotatable bonds is 14. The van der Waals surface area contributed by atoms with Gasteiger partial charge in [0, 0.05) is 11.1 Å². The van der Waals surface area contributed by atoms with Crippen LogP contribution >= 0.6 is 17.2 Å². The predicted molar refractivity (Wildman–Crippen MR) is 157 cm³/mol. The molecule has 5 nitrogen and oxygen atoms in total. The lowest BCUT2D eigenvalue weighted by Gasteiger charge is -2.31. The molecule has 0 aliphatic rings. The molecule has 37 heavy (non-hydrogen) atoms. The molecular formula is C30H48O5P2. The van der Waals surface area contributed by atoms with E-state index >= 15 is 0 Å². The molecule has 2 rings (SSSR count). The highest BCUT2D eigenvalue weighted by Crippen LogP contribution is 2.54. The summed E-state index contributed by atoms with van der Waals surface area (Å²) in [6, 6.07) is 12.2. The Balaban J connectivity index is 2.30. The van der Waals surface area contributed by atoms with E-state index in [0.717, 1.165) is 35.1 Å². The second kappa shape index (κ2) is 14.8. The zero-order chi connectivity index (χ0) is 27.6. The first kappa shape index (κ1) is 32.0. The molecule has 2 N–H and O–H groups in total. The van der Waals surface area contributed by atoms with Crippen molar-refractivity contribution in [1.29, 1.82) is 0 Å². The largest absolute Gasteiger partial charge is 0.470 e. The number of unbranched alkanes of at least 4 members (excludes halogenated alkanes) is 6. The minimum absolute atomic E-state index is 0.194. The van der Waals surface area contributed by atoms with Crippen LogP contribution in [0.15, 0.2) is 36.4 Å². The summed E-state index contributed by atoms with van der Waals surface area (Å²) in [6.07, 6.45) is 9.59. The SMILES string of the molecule is CCCCCCCCCc1ccccc1OP(Oc1c(C(C)(C)C)cc(C)cc1C(C)(C)C)OP(O)O. The monoisotopic (exact) mass is 550 g/mol. The van der Waals surface area contributed by atoms with Crippen molar-refractivity contribution in [3.05, 3.63) is 58.7 Å². The van der Waals surface area contributed by atoms with Crippen molar-refractivity contribution in [1.82, 2.24) is 0 Å². The maximum absolute atomic E-state index is 9.77. The normalized spacial score (nSPS) is 13.2. The van der Waals surface area contributed by atoms with Crippen LogP contribution in [0, 0.1) is 6.92 Å². The zero-order valence-electron chi connectivity index (χ0n) is 24.1. The minimum atomic E-state index is -2.67. The number of aryl methyl sites for hydroxylation is 2. The molecule has 0 saturated heterocycles. The summed E-state index contributed by atoms with van der Waals surface area (Å²) in [4.78, 5) is 19.5. The first-order chi connectivity index (χ1) is 17.3. The van der Waals surface area contributed by atoms with Gasteiger partial charge < -0.3 is 18.8 Å². The Morgan fingerprint density at radius 2 is 1.30 bits per heavy atom. The van der Waals surface area contributed by atoms with Gasteiger partial charge in [-0.1, -0.05) is 123 Å². The molecule has 2 aromatic rings. The summed E-state index contributed by atoms with van der Waals surface area (Å²) in [5.74, 6) is 1.36. The molecule has 0 aliphatic carbocycles. The lowest BCUT2D eigenvalue weighted by atomic mass is 9.78. The molecular weight excluding hydrogens is 502 g/mol. The van der Waals surface area contributed by atoms with Crippen molar-refractivity contribution in [2.75, 3.05) is 0 Å². The second-order valence-electron chi connectivity index (χ2n) is 11.9. The van der Waals surface area contributed by atoms with Gasteiger partial charge in [-0.15, -0.1) is 0 Å². The molecule has 0 bridgehead atoms. The molecule has 2 aromatic carbocycles. The van der Waals surface area contributed by atoms with Crippen LogP contribution in [0.3, 0.4) is 0 Å². The Morgan fingerprint density at radius 1 is 0.757 bits per heavy atom. The fourth-order valence-electron chi connectivity index (χ4n) is 4.32. The average Bonchev–Trinajstić information content (AvgIpc) is 2.78. The standard InChI is InChI=1S/C30H48O5P2/c1-9-10-11-12-13-14-15-18-24-19-16-17-20-27(24)33-37(35-36(31)32)34-28-25(29(3,4)5)21-23(2)22-26(28)30(6,7)8/h16-17,19-22,31-32H,9-15,18H2,1-8H3. The van der Waals surface area contributed by atoms with Crippen molar-refractivity contribution in [3.63, 3.8) is 0 Å². The van der Waals surface area contributed by atoms with Crippen molar-refractivity contribution in [2.45, 2.75) is 118 Å². The van der Waals surface area contributed by atoms with E-state index in [-0.39, 0.29) is 10.8 Å². The third kappa shape index (κ3) is 10.8. The topological polar surface area (TPSA) is 68.2 Å². The van der Waals surface area contributed by atoms with Gasteiger partial charge in [-0.05, 0) is 42.2 Å². The maximum Gasteiger partial charge on any atom is 0.470 e. The first-order valence-corrected chi connectivity index (χ1v) is 15.8. The molecule has 0 radical (unpaired) electrons. The molecule has 1 atom stereocenters. The maximum atomic E-state index is 9.77. The third-order valence-corrected chi connectivity index (χ3v) is 8.14. The smallest absolute Gasteiger partial charge is 0.417 e. The van der Waals surface area contributed by atoms with E-state index in [1.54, 1.807) is 0 Å². The van der Waals surface area contributed by atoms with Gasteiger partial charge in [-0.3, -0.25) is 0 Å². The number of hydrogen-bond donors (Lipinski definition) is 2. The first-order valence-electron chi connectivity index (χ1n) is 13.6. The van der Waals surface area contributed by atoms with Gasteiger partial charge in [0.25, 0.3) is 0 Å². The Kier molecular flexibility index (Phi) is 12.8. The molecule has 0 fully saturated rings. The third-order valence-electron chi connectivity index (χ3n) is 6.35. The van der Waals surface area contributed by atoms with Crippen LogP contribution in [0.1, 0.15) is 116 Å². The van der Waals surface area contributed by atoms with Gasteiger partial charge >= 0.3 is 17.2 Å². The Labute approximate surface area is 228 Å². The number of para-hydroxylation sites is 1. The van der Waals surface area contributed by atoms with Crippen LogP contribution in [-0.4, -0.2) is 9.79 Å². The van der Waals surface area contributed by atoms with E-state index in [9.17, 15) is 9.79 Å². The number of hydrogen-bond acceptors (Lipinski definition) is 5. The highest BCUT2D eigenvalue weighted by Gasteiger charge is 2.32. The zero-order valence-corrected chi connectivity index (χ0v) is 25.9. The van der Waals surface area contributed by atoms with Crippen LogP contribution in [0.2, 0.25) is 0 Å². The quantitative estimate of drug-likeness (QED) is 0.181. The Hall–Kier alpha value is -1.22. The van der Waals surface area contributed by atoms with Gasteiger partial charge in [0.15, 0.2) is 0 Å². The summed E-state index contributed by atoms with van der Waals surface area (Å²) in [6.45, 7) is 17.2. The molecule has 1 unspecified atom stereocenters. The van der Waals surface area contributed by atoms with Crippen molar-refractivity contribution in [3.8, 4) is 11.5 Å². The van der Waals surface area contributed by atoms with Crippen molar-refractivity contribution >= 4 is 17.2 Å². The average molecular weight is 551 g/mol. The fraction of sp³-hybridized carbons (Fsp3) is 0.600. The molecule has 0 amide bonds. The van der Waals surface area contributed by atoms with Crippen molar-refractivity contribution in [2.24, 2.45) is 0 Å². The highest BCUT2D eigenvalue weighted by atomic mass is 31.2. The summed E-state index contributed by atoms with van der Waals surface area (Å²) < 4.78 is 18.2. The van der Waals surface area contributed by atoms with Gasteiger partial charge in [0.05, 0.1) is 0 Å². The molecule has 0 saturated carbocycles. The fourth-order valence-corrected chi connectivity index (χ4v) is 5.79. The highest BCUT2D eigenvalue weighted by molar-refractivity contribution is 7.55. The lowest BCUT2D eigenvalue weighted by molar-refractivity contribution is 0.327. The summed E-state index contributed by atoms with van der Waals surface area (Å²) in [5.41, 5.74) is 3.91. The number of benzene rings is 2. The van der Waals surface area contributed by atoms with Gasteiger partial charge in [0.1, 0.15) is 11.5 Å². The van der Waals surface area contributed by atoms with E-state index in [4.69, 9.17) is 13.4 Å². The van der Waals surface area contributed by atoms with Gasteiger partial charge in [-0.25, -0.2) is 4.31 Å². The molecule has 0 spiro atoms. The van der Waals surface area contributed by atoms with E-state index < -0.39 is 17.2 Å².